The molecule has 2 aromatic heterocycles. The number of sulfonamides is 1. The molecule has 3 aromatic rings. The summed E-state index contributed by atoms with van der Waals surface area (Å²) in [6.07, 6.45) is -2.99. The molecule has 2 heterocycles. The van der Waals surface area contributed by atoms with E-state index in [1.54, 1.807) is 13.0 Å². The van der Waals surface area contributed by atoms with Crippen LogP contribution in [0.5, 0.6) is 0 Å². The van der Waals surface area contributed by atoms with Crippen LogP contribution in [0.25, 0.3) is 17.0 Å². The van der Waals surface area contributed by atoms with Crippen LogP contribution in [0.2, 0.25) is 0 Å². The predicted octanol–water partition coefficient (Wildman–Crippen LogP) is 2.62. The van der Waals surface area contributed by atoms with Gasteiger partial charge in [-0.15, -0.1) is 0 Å². The van der Waals surface area contributed by atoms with Gasteiger partial charge in [-0.05, 0) is 24.6 Å². The first kappa shape index (κ1) is 20.1. The first-order chi connectivity index (χ1) is 14.3. The van der Waals surface area contributed by atoms with Crippen LogP contribution in [0.1, 0.15) is 30.7 Å². The standard InChI is InChI=1S/C18H16F4N6O2S/c1-9-2-3-10(31(29,30)27-17-6-16(19,7-17)8-17)4-11(9)12-5-28-14(23)25-13(18(20,21)22)26-15(28)24-12/h2-5,27H,6-8H2,1H3,(H2,23,24,25,26). The van der Waals surface area contributed by atoms with Crippen molar-refractivity contribution in [2.45, 2.75) is 48.5 Å². The van der Waals surface area contributed by atoms with Crippen molar-refractivity contribution in [3.63, 3.8) is 0 Å². The highest BCUT2D eigenvalue weighted by Gasteiger charge is 2.70. The molecule has 0 radical (unpaired) electrons. The molecule has 164 valence electrons. The van der Waals surface area contributed by atoms with E-state index in [1.165, 1.54) is 18.3 Å². The minimum absolute atomic E-state index is 0.0576. The van der Waals surface area contributed by atoms with Gasteiger partial charge in [-0.2, -0.15) is 23.1 Å². The molecule has 0 aliphatic heterocycles. The number of imidazole rings is 1. The fraction of sp³-hybridized carbons (Fsp3) is 0.389. The Morgan fingerprint density at radius 3 is 2.45 bits per heavy atom. The van der Waals surface area contributed by atoms with E-state index in [2.05, 4.69) is 19.7 Å². The van der Waals surface area contributed by atoms with Gasteiger partial charge in [0.05, 0.1) is 10.6 Å². The molecule has 6 rings (SSSR count). The molecule has 0 saturated heterocycles. The van der Waals surface area contributed by atoms with Crippen molar-refractivity contribution in [1.29, 1.82) is 0 Å². The zero-order valence-corrected chi connectivity index (χ0v) is 16.9. The average Bonchev–Trinajstić information content (AvgIpc) is 3.03. The monoisotopic (exact) mass is 456 g/mol. The van der Waals surface area contributed by atoms with Crippen molar-refractivity contribution in [2.75, 3.05) is 5.73 Å². The largest absolute Gasteiger partial charge is 0.451 e. The predicted molar refractivity (Wildman–Crippen MR) is 101 cm³/mol. The first-order valence-corrected chi connectivity index (χ1v) is 10.7. The van der Waals surface area contributed by atoms with Gasteiger partial charge in [0.25, 0.3) is 0 Å². The van der Waals surface area contributed by atoms with Crippen LogP contribution in [0.4, 0.5) is 23.5 Å². The number of hydrogen-bond acceptors (Lipinski definition) is 6. The van der Waals surface area contributed by atoms with Crippen molar-refractivity contribution in [1.82, 2.24) is 24.1 Å². The second-order valence-electron chi connectivity index (χ2n) is 8.24. The van der Waals surface area contributed by atoms with Gasteiger partial charge in [0.15, 0.2) is 0 Å². The third kappa shape index (κ3) is 3.14. The van der Waals surface area contributed by atoms with Crippen LogP contribution in [0.15, 0.2) is 29.3 Å². The van der Waals surface area contributed by atoms with Crippen LogP contribution in [0, 0.1) is 6.92 Å². The number of rotatable bonds is 4. The number of nitrogen functional groups attached to an aromatic ring is 1. The van der Waals surface area contributed by atoms with Gasteiger partial charge in [-0.25, -0.2) is 22.5 Å². The zero-order valence-electron chi connectivity index (χ0n) is 16.0. The second-order valence-corrected chi connectivity index (χ2v) is 9.93. The van der Waals surface area contributed by atoms with Crippen molar-refractivity contribution in [3.8, 4) is 11.3 Å². The highest BCUT2D eigenvalue weighted by molar-refractivity contribution is 7.89. The number of aromatic nitrogens is 4. The van der Waals surface area contributed by atoms with Crippen molar-refractivity contribution >= 4 is 21.7 Å². The lowest BCUT2D eigenvalue weighted by molar-refractivity contribution is -0.157. The maximum atomic E-state index is 13.7. The van der Waals surface area contributed by atoms with E-state index in [1.807, 2.05) is 0 Å². The lowest BCUT2D eigenvalue weighted by Crippen LogP contribution is -2.76. The lowest BCUT2D eigenvalue weighted by atomic mass is 9.48. The number of anilines is 1. The molecular formula is C18H16F4N6O2S. The van der Waals surface area contributed by atoms with Gasteiger partial charge in [0, 0.05) is 36.6 Å². The van der Waals surface area contributed by atoms with Gasteiger partial charge in [-0.1, -0.05) is 6.07 Å². The van der Waals surface area contributed by atoms with Crippen LogP contribution in [0.3, 0.4) is 0 Å². The Kier molecular flexibility index (Phi) is 3.84. The Morgan fingerprint density at radius 1 is 1.16 bits per heavy atom. The Morgan fingerprint density at radius 2 is 1.84 bits per heavy atom. The van der Waals surface area contributed by atoms with Gasteiger partial charge in [0.2, 0.25) is 27.6 Å². The van der Waals surface area contributed by atoms with Crippen molar-refractivity contribution < 1.29 is 26.0 Å². The van der Waals surface area contributed by atoms with Crippen molar-refractivity contribution in [2.24, 2.45) is 0 Å². The van der Waals surface area contributed by atoms with Gasteiger partial charge in [0.1, 0.15) is 5.67 Å². The number of aryl methyl sites for hydroxylation is 1. The molecule has 3 aliphatic carbocycles. The third-order valence-electron chi connectivity index (χ3n) is 5.73. The SMILES string of the molecule is Cc1ccc(S(=O)(=O)NC23CC(F)(C2)C3)cc1-c1cn2c(N)nc(C(F)(F)F)nc2n1. The topological polar surface area (TPSA) is 115 Å². The summed E-state index contributed by atoms with van der Waals surface area (Å²) in [6.45, 7) is 1.70. The summed E-state index contributed by atoms with van der Waals surface area (Å²) in [7, 11) is -3.93. The normalized spacial score (nSPS) is 25.3. The maximum Gasteiger partial charge on any atom is 0.451 e. The Labute approximate surface area is 173 Å². The Hall–Kier alpha value is -2.80. The fourth-order valence-electron chi connectivity index (χ4n) is 4.32. The molecule has 1 aromatic carbocycles. The first-order valence-electron chi connectivity index (χ1n) is 9.23. The number of nitrogens with two attached hydrogens (primary N) is 1. The molecular weight excluding hydrogens is 440 g/mol. The lowest BCUT2D eigenvalue weighted by Gasteiger charge is -2.65. The molecule has 2 bridgehead atoms. The maximum absolute atomic E-state index is 13.7. The summed E-state index contributed by atoms with van der Waals surface area (Å²) < 4.78 is 81.9. The zero-order chi connectivity index (χ0) is 22.4. The van der Waals surface area contributed by atoms with Gasteiger partial charge in [-0.3, -0.25) is 4.40 Å². The van der Waals surface area contributed by atoms with E-state index < -0.39 is 39.2 Å². The molecule has 0 atom stereocenters. The number of alkyl halides is 4. The smallest absolute Gasteiger partial charge is 0.369 e. The van der Waals surface area contributed by atoms with Crippen molar-refractivity contribution in [3.05, 3.63) is 35.8 Å². The van der Waals surface area contributed by atoms with Crippen LogP contribution in [-0.4, -0.2) is 39.0 Å². The summed E-state index contributed by atoms with van der Waals surface area (Å²) >= 11 is 0. The highest BCUT2D eigenvalue weighted by Crippen LogP contribution is 2.63. The minimum Gasteiger partial charge on any atom is -0.369 e. The van der Waals surface area contributed by atoms with E-state index in [4.69, 9.17) is 5.73 Å². The van der Waals surface area contributed by atoms with E-state index in [-0.39, 0.29) is 35.6 Å². The van der Waals surface area contributed by atoms with Crippen LogP contribution >= 0.6 is 0 Å². The molecule has 31 heavy (non-hydrogen) atoms. The molecule has 0 unspecified atom stereocenters. The number of halogens is 4. The molecule has 3 N–H and O–H groups in total. The fourth-order valence-corrected chi connectivity index (χ4v) is 5.74. The van der Waals surface area contributed by atoms with E-state index in [9.17, 15) is 26.0 Å². The highest BCUT2D eigenvalue weighted by atomic mass is 32.2. The number of hydrogen-bond donors (Lipinski definition) is 2. The summed E-state index contributed by atoms with van der Waals surface area (Å²) in [4.78, 5) is 10.7. The summed E-state index contributed by atoms with van der Waals surface area (Å²) in [6, 6.07) is 4.33. The van der Waals surface area contributed by atoms with Crippen LogP contribution in [-0.2, 0) is 16.2 Å². The summed E-state index contributed by atoms with van der Waals surface area (Å²) in [5.41, 5.74) is 4.83. The average molecular weight is 456 g/mol. The van der Waals surface area contributed by atoms with Gasteiger partial charge < -0.3 is 5.73 Å². The number of nitrogens with one attached hydrogen (secondary N) is 1. The molecule has 8 nitrogen and oxygen atoms in total. The van der Waals surface area contributed by atoms with Crippen LogP contribution < -0.4 is 10.5 Å². The Balaban J connectivity index is 1.53. The molecule has 0 spiro atoms. The van der Waals surface area contributed by atoms with E-state index in [0.717, 1.165) is 4.40 Å². The second kappa shape index (κ2) is 5.91. The summed E-state index contributed by atoms with van der Waals surface area (Å²) in [5, 5.41) is 0. The number of fused-ring (bicyclic) bond motifs is 1. The van der Waals surface area contributed by atoms with Gasteiger partial charge >= 0.3 is 6.18 Å². The number of nitrogens with zero attached hydrogens (tertiary/aromatic N) is 4. The van der Waals surface area contributed by atoms with E-state index in [0.29, 0.717) is 11.1 Å². The molecule has 0 amide bonds. The number of benzene rings is 1. The molecule has 3 aliphatic rings. The molecule has 3 saturated carbocycles. The molecule has 13 heteroatoms. The molecule has 3 fully saturated rings. The third-order valence-corrected chi connectivity index (χ3v) is 7.30. The minimum atomic E-state index is -4.79. The summed E-state index contributed by atoms with van der Waals surface area (Å²) in [5.74, 6) is -2.19. The van der Waals surface area contributed by atoms with E-state index >= 15 is 0 Å². The Bertz CT molecular complexity index is 1330. The quantitative estimate of drug-likeness (QED) is 0.584.